The van der Waals surface area contributed by atoms with Gasteiger partial charge < -0.3 is 19.5 Å². The minimum atomic E-state index is -0.792. The first-order valence-corrected chi connectivity index (χ1v) is 9.64. The highest BCUT2D eigenvalue weighted by atomic mass is 32.1. The Morgan fingerprint density at radius 3 is 2.60 bits per heavy atom. The molecule has 0 spiro atoms. The molecule has 0 fully saturated rings. The Hall–Kier alpha value is -3.73. The second-order valence-corrected chi connectivity index (χ2v) is 7.12. The maximum absolute atomic E-state index is 13.5. The molecule has 10 nitrogen and oxygen atoms in total. The number of aromatic nitrogens is 4. The van der Waals surface area contributed by atoms with E-state index in [1.54, 1.807) is 35.7 Å². The van der Waals surface area contributed by atoms with Crippen LogP contribution in [0.2, 0.25) is 0 Å². The lowest BCUT2D eigenvalue weighted by Gasteiger charge is -2.28. The molecular formula is C19H17N5O5S. The fraction of sp³-hybridized carbons (Fsp3) is 0.211. The van der Waals surface area contributed by atoms with Crippen molar-refractivity contribution in [2.24, 2.45) is 0 Å². The number of hydrogen-bond donors (Lipinski definition) is 1. The van der Waals surface area contributed by atoms with Crippen LogP contribution >= 0.6 is 11.3 Å². The Labute approximate surface area is 175 Å². The Bertz CT molecular complexity index is 1140. The molecule has 0 unspecified atom stereocenters. The van der Waals surface area contributed by atoms with Gasteiger partial charge in [-0.2, -0.15) is 4.68 Å². The van der Waals surface area contributed by atoms with Crippen LogP contribution in [0.3, 0.4) is 0 Å². The largest absolute Gasteiger partial charge is 0.493 e. The number of anilines is 1. The second-order valence-electron chi connectivity index (χ2n) is 6.18. The van der Waals surface area contributed by atoms with Crippen LogP contribution in [0.15, 0.2) is 47.0 Å². The number of fused-ring (bicyclic) bond motifs is 1. The number of carbonyl (C=O) groups excluding carboxylic acids is 2. The monoisotopic (exact) mass is 427 g/mol. The number of thiophene rings is 1. The molecule has 1 aromatic carbocycles. The van der Waals surface area contributed by atoms with Crippen molar-refractivity contribution in [2.45, 2.75) is 6.04 Å². The van der Waals surface area contributed by atoms with Gasteiger partial charge in [0.25, 0.3) is 0 Å². The highest BCUT2D eigenvalue weighted by Crippen LogP contribution is 2.40. The number of Topliss-reactive ketones (excluding diaryl/α,β-unsaturated/α-hetero) is 1. The first-order chi connectivity index (χ1) is 14.6. The van der Waals surface area contributed by atoms with E-state index in [0.717, 1.165) is 0 Å². The fourth-order valence-corrected chi connectivity index (χ4v) is 3.94. The van der Waals surface area contributed by atoms with Crippen LogP contribution in [0.25, 0.3) is 0 Å². The van der Waals surface area contributed by atoms with Gasteiger partial charge in [-0.25, -0.2) is 4.79 Å². The quantitative estimate of drug-likeness (QED) is 0.466. The lowest BCUT2D eigenvalue weighted by atomic mass is 9.91. The van der Waals surface area contributed by atoms with E-state index >= 15 is 0 Å². The van der Waals surface area contributed by atoms with E-state index in [2.05, 4.69) is 20.8 Å². The molecule has 0 bridgehead atoms. The second kappa shape index (κ2) is 7.95. The third-order valence-corrected chi connectivity index (χ3v) is 5.49. The van der Waals surface area contributed by atoms with Gasteiger partial charge in [-0.3, -0.25) is 4.79 Å². The molecule has 3 heterocycles. The van der Waals surface area contributed by atoms with Crippen molar-refractivity contribution in [2.75, 3.05) is 26.6 Å². The summed E-state index contributed by atoms with van der Waals surface area (Å²) in [5.74, 6) is 0.160. The number of carbonyl (C=O) groups is 2. The van der Waals surface area contributed by atoms with Crippen molar-refractivity contribution in [1.82, 2.24) is 20.2 Å². The highest BCUT2D eigenvalue weighted by molar-refractivity contribution is 7.12. The predicted octanol–water partition coefficient (Wildman–Crippen LogP) is 2.08. The normalized spacial score (nSPS) is 15.2. The van der Waals surface area contributed by atoms with Crippen LogP contribution in [0.4, 0.5) is 5.95 Å². The van der Waals surface area contributed by atoms with Crippen LogP contribution in [-0.4, -0.2) is 53.3 Å². The molecule has 11 heteroatoms. The number of nitrogens with one attached hydrogen (secondary N) is 1. The Kier molecular flexibility index (Phi) is 5.19. The zero-order valence-corrected chi connectivity index (χ0v) is 17.1. The van der Waals surface area contributed by atoms with Gasteiger partial charge in [-0.1, -0.05) is 17.2 Å². The summed E-state index contributed by atoms with van der Waals surface area (Å²) in [6, 6.07) is 7.86. The summed E-state index contributed by atoms with van der Waals surface area (Å²) in [5.41, 5.74) is 0.776. The Morgan fingerprint density at radius 1 is 1.13 bits per heavy atom. The summed E-state index contributed by atoms with van der Waals surface area (Å²) >= 11 is 1.27. The number of ether oxygens (including phenoxy) is 3. The molecule has 4 rings (SSSR count). The van der Waals surface area contributed by atoms with Gasteiger partial charge in [0.05, 0.1) is 31.8 Å². The molecule has 1 aliphatic heterocycles. The number of benzene rings is 1. The van der Waals surface area contributed by atoms with Gasteiger partial charge in [0, 0.05) is 0 Å². The maximum atomic E-state index is 13.5. The molecule has 0 saturated carbocycles. The molecule has 1 N–H and O–H groups in total. The first-order valence-electron chi connectivity index (χ1n) is 8.76. The van der Waals surface area contributed by atoms with E-state index in [-0.39, 0.29) is 23.0 Å². The summed E-state index contributed by atoms with van der Waals surface area (Å²) in [5, 5.41) is 16.3. The van der Waals surface area contributed by atoms with Crippen molar-refractivity contribution in [3.05, 3.63) is 57.4 Å². The van der Waals surface area contributed by atoms with E-state index in [9.17, 15) is 9.59 Å². The lowest BCUT2D eigenvalue weighted by molar-refractivity contribution is -0.136. The molecule has 3 aromatic rings. The Balaban J connectivity index is 1.96. The van der Waals surface area contributed by atoms with E-state index in [4.69, 9.17) is 14.2 Å². The van der Waals surface area contributed by atoms with Crippen LogP contribution in [0, 0.1) is 0 Å². The van der Waals surface area contributed by atoms with Gasteiger partial charge in [-0.05, 0) is 39.6 Å². The van der Waals surface area contributed by atoms with Gasteiger partial charge in [0.1, 0.15) is 11.7 Å². The van der Waals surface area contributed by atoms with Crippen molar-refractivity contribution < 1.29 is 23.8 Å². The number of nitrogens with zero attached hydrogens (tertiary/aromatic N) is 4. The highest BCUT2D eigenvalue weighted by Gasteiger charge is 2.39. The molecule has 0 saturated heterocycles. The Morgan fingerprint density at radius 2 is 1.93 bits per heavy atom. The number of rotatable bonds is 6. The van der Waals surface area contributed by atoms with E-state index in [1.165, 1.54) is 37.3 Å². The summed E-state index contributed by atoms with van der Waals surface area (Å²) in [7, 11) is 4.29. The number of esters is 1. The smallest absolute Gasteiger partial charge is 0.355 e. The molecule has 154 valence electrons. The van der Waals surface area contributed by atoms with Crippen LogP contribution in [-0.2, 0) is 9.53 Å². The van der Waals surface area contributed by atoms with Crippen LogP contribution < -0.4 is 14.8 Å². The maximum Gasteiger partial charge on any atom is 0.355 e. The third kappa shape index (κ3) is 3.18. The molecule has 2 aromatic heterocycles. The molecule has 30 heavy (non-hydrogen) atoms. The van der Waals surface area contributed by atoms with E-state index in [1.807, 2.05) is 0 Å². The first kappa shape index (κ1) is 19.6. The number of tetrazole rings is 1. The van der Waals surface area contributed by atoms with Crippen molar-refractivity contribution in [3.8, 4) is 11.5 Å². The summed E-state index contributed by atoms with van der Waals surface area (Å²) in [4.78, 5) is 26.5. The van der Waals surface area contributed by atoms with Crippen LogP contribution in [0.1, 0.15) is 21.3 Å². The van der Waals surface area contributed by atoms with Crippen LogP contribution in [0.5, 0.6) is 11.5 Å². The van der Waals surface area contributed by atoms with Gasteiger partial charge in [0.15, 0.2) is 11.5 Å². The zero-order valence-electron chi connectivity index (χ0n) is 16.3. The minimum absolute atomic E-state index is 0.0158. The van der Waals surface area contributed by atoms with Gasteiger partial charge in [0.2, 0.25) is 11.7 Å². The number of hydrogen-bond acceptors (Lipinski definition) is 10. The number of ketones is 1. The van der Waals surface area contributed by atoms with Gasteiger partial charge >= 0.3 is 5.97 Å². The average molecular weight is 427 g/mol. The van der Waals surface area contributed by atoms with Crippen molar-refractivity contribution in [3.63, 3.8) is 0 Å². The molecule has 0 amide bonds. The molecule has 1 atom stereocenters. The average Bonchev–Trinajstić information content (AvgIpc) is 3.48. The van der Waals surface area contributed by atoms with Gasteiger partial charge in [-0.15, -0.1) is 11.3 Å². The lowest BCUT2D eigenvalue weighted by Crippen LogP contribution is -2.32. The van der Waals surface area contributed by atoms with Crippen molar-refractivity contribution >= 4 is 29.0 Å². The summed E-state index contributed by atoms with van der Waals surface area (Å²) in [6.45, 7) is 0. The van der Waals surface area contributed by atoms with E-state index < -0.39 is 12.0 Å². The SMILES string of the molecule is COC(=O)C1=C(C(=O)c2cccs2)[C@@H](c2ccc(OC)c(OC)c2)n2nnnc2N1. The zero-order chi connectivity index (χ0) is 21.3. The third-order valence-electron chi connectivity index (χ3n) is 4.62. The van der Waals surface area contributed by atoms with Crippen molar-refractivity contribution in [1.29, 1.82) is 0 Å². The topological polar surface area (TPSA) is 117 Å². The number of allylic oxidation sites excluding steroid dienone is 1. The predicted molar refractivity (Wildman–Crippen MR) is 107 cm³/mol. The molecule has 0 aliphatic carbocycles. The standard InChI is InChI=1S/C19H17N5O5S/c1-27-11-7-6-10(9-12(11)28-2)16-14(17(25)13-5-4-8-30-13)15(18(26)29-3)20-19-21-22-23-24(16)19/h4-9,16H,1-3H3,(H,20,21,23)/t16-/m1/s1. The minimum Gasteiger partial charge on any atom is -0.493 e. The molecule has 0 radical (unpaired) electrons. The fourth-order valence-electron chi connectivity index (χ4n) is 3.26. The molecular weight excluding hydrogens is 410 g/mol. The number of methoxy groups -OCH3 is 3. The summed E-state index contributed by atoms with van der Waals surface area (Å²) in [6.07, 6.45) is 0. The van der Waals surface area contributed by atoms with E-state index in [0.29, 0.717) is 21.9 Å². The summed E-state index contributed by atoms with van der Waals surface area (Å²) < 4.78 is 17.1. The molecule has 1 aliphatic rings.